The molecule has 3 rings (SSSR count). The molecule has 0 aliphatic heterocycles. The molecule has 3 N–H and O–H groups in total. The number of anilines is 2. The standard InChI is InChI=1S/C16H13FN2OS/c1-9-12(17)3-2-4-13(9)19-16(20)15-8-10-7-11(18)5-6-14(10)21-15/h2-8H,18H2,1H3,(H,19,20). The number of fused-ring (bicyclic) bond motifs is 1. The summed E-state index contributed by atoms with van der Waals surface area (Å²) in [7, 11) is 0. The van der Waals surface area contributed by atoms with Crippen LogP contribution in [0.15, 0.2) is 42.5 Å². The second-order valence-corrected chi connectivity index (χ2v) is 5.86. The number of halogens is 1. The predicted octanol–water partition coefficient (Wildman–Crippen LogP) is 4.18. The van der Waals surface area contributed by atoms with Crippen LogP contribution in [-0.2, 0) is 0 Å². The zero-order valence-electron chi connectivity index (χ0n) is 11.3. The number of thiophene rings is 1. The van der Waals surface area contributed by atoms with E-state index in [0.717, 1.165) is 10.1 Å². The predicted molar refractivity (Wildman–Crippen MR) is 85.3 cm³/mol. The van der Waals surface area contributed by atoms with Crippen LogP contribution in [0.2, 0.25) is 0 Å². The largest absolute Gasteiger partial charge is 0.399 e. The van der Waals surface area contributed by atoms with Crippen LogP contribution in [0.5, 0.6) is 0 Å². The lowest BCUT2D eigenvalue weighted by Crippen LogP contribution is -2.11. The second-order valence-electron chi connectivity index (χ2n) is 4.77. The van der Waals surface area contributed by atoms with Gasteiger partial charge < -0.3 is 11.1 Å². The van der Waals surface area contributed by atoms with E-state index in [9.17, 15) is 9.18 Å². The number of amides is 1. The molecule has 0 unspecified atom stereocenters. The molecule has 5 heteroatoms. The maximum Gasteiger partial charge on any atom is 0.265 e. The van der Waals surface area contributed by atoms with Crippen LogP contribution < -0.4 is 11.1 Å². The Morgan fingerprint density at radius 3 is 2.86 bits per heavy atom. The van der Waals surface area contributed by atoms with Gasteiger partial charge in [0.2, 0.25) is 0 Å². The van der Waals surface area contributed by atoms with Gasteiger partial charge in [0.15, 0.2) is 0 Å². The molecule has 21 heavy (non-hydrogen) atoms. The topological polar surface area (TPSA) is 55.1 Å². The van der Waals surface area contributed by atoms with E-state index < -0.39 is 0 Å². The zero-order valence-corrected chi connectivity index (χ0v) is 12.1. The van der Waals surface area contributed by atoms with E-state index in [0.29, 0.717) is 21.8 Å². The summed E-state index contributed by atoms with van der Waals surface area (Å²) in [6.45, 7) is 1.64. The van der Waals surface area contributed by atoms with Gasteiger partial charge in [-0.2, -0.15) is 0 Å². The van der Waals surface area contributed by atoms with Crippen LogP contribution in [0.3, 0.4) is 0 Å². The van der Waals surface area contributed by atoms with Gasteiger partial charge in [-0.05, 0) is 48.7 Å². The molecule has 0 atom stereocenters. The Hall–Kier alpha value is -2.40. The van der Waals surface area contributed by atoms with E-state index >= 15 is 0 Å². The summed E-state index contributed by atoms with van der Waals surface area (Å²) in [5, 5.41) is 3.67. The van der Waals surface area contributed by atoms with Crippen molar-refractivity contribution in [2.75, 3.05) is 11.1 Å². The van der Waals surface area contributed by atoms with Crippen molar-refractivity contribution in [3.63, 3.8) is 0 Å². The second kappa shape index (κ2) is 5.18. The lowest BCUT2D eigenvalue weighted by atomic mass is 10.2. The molecule has 1 amide bonds. The molecule has 2 aromatic carbocycles. The molecule has 0 radical (unpaired) electrons. The first kappa shape index (κ1) is 13.6. The summed E-state index contributed by atoms with van der Waals surface area (Å²) in [4.78, 5) is 12.8. The highest BCUT2D eigenvalue weighted by atomic mass is 32.1. The molecule has 1 heterocycles. The van der Waals surface area contributed by atoms with Gasteiger partial charge in [-0.15, -0.1) is 11.3 Å². The van der Waals surface area contributed by atoms with Gasteiger partial charge >= 0.3 is 0 Å². The summed E-state index contributed by atoms with van der Waals surface area (Å²) in [6, 6.07) is 11.9. The first-order valence-electron chi connectivity index (χ1n) is 6.40. The Morgan fingerprint density at radius 2 is 2.05 bits per heavy atom. The summed E-state index contributed by atoms with van der Waals surface area (Å²) < 4.78 is 14.5. The van der Waals surface area contributed by atoms with Crippen molar-refractivity contribution in [3.05, 3.63) is 58.7 Å². The number of benzene rings is 2. The smallest absolute Gasteiger partial charge is 0.265 e. The third-order valence-electron chi connectivity index (χ3n) is 3.28. The fraction of sp³-hybridized carbons (Fsp3) is 0.0625. The lowest BCUT2D eigenvalue weighted by Gasteiger charge is -2.07. The zero-order chi connectivity index (χ0) is 15.0. The molecule has 0 bridgehead atoms. The van der Waals surface area contributed by atoms with Gasteiger partial charge in [0.1, 0.15) is 5.82 Å². The fourth-order valence-electron chi connectivity index (χ4n) is 2.10. The van der Waals surface area contributed by atoms with Crippen molar-refractivity contribution in [1.82, 2.24) is 0 Å². The minimum atomic E-state index is -0.336. The van der Waals surface area contributed by atoms with Crippen LogP contribution in [0.25, 0.3) is 10.1 Å². The van der Waals surface area contributed by atoms with Gasteiger partial charge in [-0.1, -0.05) is 6.07 Å². The summed E-state index contributed by atoms with van der Waals surface area (Å²) in [6.07, 6.45) is 0. The van der Waals surface area contributed by atoms with E-state index in [-0.39, 0.29) is 11.7 Å². The molecule has 0 aliphatic rings. The van der Waals surface area contributed by atoms with Gasteiger partial charge in [0.25, 0.3) is 5.91 Å². The Morgan fingerprint density at radius 1 is 1.24 bits per heavy atom. The molecule has 3 nitrogen and oxygen atoms in total. The molecule has 3 aromatic rings. The van der Waals surface area contributed by atoms with Crippen molar-refractivity contribution >= 4 is 38.7 Å². The quantitative estimate of drug-likeness (QED) is 0.697. The van der Waals surface area contributed by atoms with E-state index in [2.05, 4.69) is 5.32 Å². The summed E-state index contributed by atoms with van der Waals surface area (Å²) in [5.74, 6) is -0.583. The number of nitrogens with one attached hydrogen (secondary N) is 1. The Bertz CT molecular complexity index is 841. The van der Waals surface area contributed by atoms with Gasteiger partial charge in [0.05, 0.1) is 4.88 Å². The molecule has 0 fully saturated rings. The first-order chi connectivity index (χ1) is 10.0. The van der Waals surface area contributed by atoms with E-state index in [1.54, 1.807) is 31.2 Å². The molecule has 1 aromatic heterocycles. The maximum atomic E-state index is 13.5. The molecule has 106 valence electrons. The molecular weight excluding hydrogens is 287 g/mol. The van der Waals surface area contributed by atoms with Crippen molar-refractivity contribution < 1.29 is 9.18 Å². The highest BCUT2D eigenvalue weighted by Crippen LogP contribution is 2.28. The van der Waals surface area contributed by atoms with Crippen LogP contribution >= 0.6 is 11.3 Å². The van der Waals surface area contributed by atoms with Crippen molar-refractivity contribution in [2.45, 2.75) is 6.92 Å². The minimum Gasteiger partial charge on any atom is -0.399 e. The molecule has 0 spiro atoms. The molecule has 0 aliphatic carbocycles. The molecular formula is C16H13FN2OS. The van der Waals surface area contributed by atoms with Crippen LogP contribution in [0.4, 0.5) is 15.8 Å². The number of nitrogens with two attached hydrogens (primary N) is 1. The Kier molecular flexibility index (Phi) is 3.35. The number of hydrogen-bond donors (Lipinski definition) is 2. The lowest BCUT2D eigenvalue weighted by molar-refractivity contribution is 0.103. The van der Waals surface area contributed by atoms with Crippen LogP contribution in [0.1, 0.15) is 15.2 Å². The average molecular weight is 300 g/mol. The molecule has 0 saturated heterocycles. The van der Waals surface area contributed by atoms with Crippen LogP contribution in [0, 0.1) is 12.7 Å². The summed E-state index contributed by atoms with van der Waals surface area (Å²) in [5.41, 5.74) is 7.30. The SMILES string of the molecule is Cc1c(F)cccc1NC(=O)c1cc2cc(N)ccc2s1. The van der Waals surface area contributed by atoms with Gasteiger partial charge in [0, 0.05) is 21.6 Å². The fourth-order valence-corrected chi connectivity index (χ4v) is 3.04. The highest BCUT2D eigenvalue weighted by molar-refractivity contribution is 7.20. The normalized spacial score (nSPS) is 10.8. The van der Waals surface area contributed by atoms with Crippen molar-refractivity contribution in [1.29, 1.82) is 0 Å². The highest BCUT2D eigenvalue weighted by Gasteiger charge is 2.12. The number of hydrogen-bond acceptors (Lipinski definition) is 3. The third kappa shape index (κ3) is 2.60. The number of carbonyl (C=O) groups is 1. The Labute approximate surface area is 125 Å². The molecule has 0 saturated carbocycles. The van der Waals surface area contributed by atoms with Crippen molar-refractivity contribution in [2.24, 2.45) is 0 Å². The minimum absolute atomic E-state index is 0.247. The van der Waals surface area contributed by atoms with E-state index in [1.165, 1.54) is 17.4 Å². The monoisotopic (exact) mass is 300 g/mol. The number of carbonyl (C=O) groups excluding carboxylic acids is 1. The third-order valence-corrected chi connectivity index (χ3v) is 4.39. The van der Waals surface area contributed by atoms with Crippen LogP contribution in [-0.4, -0.2) is 5.91 Å². The Balaban J connectivity index is 1.91. The van der Waals surface area contributed by atoms with Crippen molar-refractivity contribution in [3.8, 4) is 0 Å². The summed E-state index contributed by atoms with van der Waals surface area (Å²) >= 11 is 1.38. The van der Waals surface area contributed by atoms with Gasteiger partial charge in [-0.3, -0.25) is 4.79 Å². The van der Waals surface area contributed by atoms with Gasteiger partial charge in [-0.25, -0.2) is 4.39 Å². The average Bonchev–Trinajstić information content (AvgIpc) is 2.87. The first-order valence-corrected chi connectivity index (χ1v) is 7.22. The number of nitrogen functional groups attached to an aromatic ring is 1. The van der Waals surface area contributed by atoms with E-state index in [1.807, 2.05) is 12.1 Å². The maximum absolute atomic E-state index is 13.5. The van der Waals surface area contributed by atoms with E-state index in [4.69, 9.17) is 5.73 Å². The number of rotatable bonds is 2.